The van der Waals surface area contributed by atoms with E-state index < -0.39 is 0 Å². The van der Waals surface area contributed by atoms with Crippen LogP contribution in [0.25, 0.3) is 80.7 Å². The van der Waals surface area contributed by atoms with Crippen LogP contribution in [0, 0.1) is 0 Å². The van der Waals surface area contributed by atoms with Gasteiger partial charge in [0.15, 0.2) is 0 Å². The van der Waals surface area contributed by atoms with Crippen molar-refractivity contribution >= 4 is 191 Å². The van der Waals surface area contributed by atoms with Crippen molar-refractivity contribution in [3.63, 3.8) is 0 Å². The fourth-order valence-corrected chi connectivity index (χ4v) is 18.8. The molecule has 0 aliphatic heterocycles. The molecule has 0 radical (unpaired) electrons. The largest absolute Gasteiger partial charge is 0.302 e. The van der Waals surface area contributed by atoms with Crippen molar-refractivity contribution in [3.8, 4) is 0 Å². The topological polar surface area (TPSA) is 9.72 Å². The van der Waals surface area contributed by atoms with E-state index in [-0.39, 0.29) is 0 Å². The van der Waals surface area contributed by atoms with Crippen LogP contribution in [0.3, 0.4) is 0 Å². The molecule has 0 amide bonds. The zero-order valence-electron chi connectivity index (χ0n) is 36.8. The molecule has 14 aromatic rings. The summed E-state index contributed by atoms with van der Waals surface area (Å²) in [7, 11) is 0. The second kappa shape index (κ2) is 15.9. The molecule has 0 bridgehead atoms. The number of rotatable bonds is 9. The summed E-state index contributed by atoms with van der Waals surface area (Å²) in [6, 6.07) is 67.4. The quantitative estimate of drug-likeness (QED) is 0.105. The van der Waals surface area contributed by atoms with Gasteiger partial charge in [-0.1, -0.05) is 127 Å². The van der Waals surface area contributed by atoms with E-state index in [0.717, 1.165) is 24.2 Å². The Morgan fingerprint density at radius 2 is 0.768 bits per heavy atom. The van der Waals surface area contributed by atoms with E-state index >= 15 is 0 Å². The van der Waals surface area contributed by atoms with Gasteiger partial charge in [0.05, 0.1) is 24.5 Å². The fraction of sp³-hybridized carbons (Fsp3) is 0.0333. The van der Waals surface area contributed by atoms with Gasteiger partial charge < -0.3 is 9.80 Å². The number of para-hydroxylation sites is 3. The molecule has 9 heteroatoms. The first-order valence-electron chi connectivity index (χ1n) is 23.1. The molecular formula is C60H37N3S6. The van der Waals surface area contributed by atoms with Crippen molar-refractivity contribution < 1.29 is 0 Å². The van der Waals surface area contributed by atoms with Crippen LogP contribution >= 0.6 is 68.0 Å². The number of anilines is 8. The van der Waals surface area contributed by atoms with Gasteiger partial charge in [0.2, 0.25) is 0 Å². The summed E-state index contributed by atoms with van der Waals surface area (Å²) in [6.45, 7) is 0. The van der Waals surface area contributed by atoms with Crippen molar-refractivity contribution in [3.05, 3.63) is 206 Å². The molecule has 1 aliphatic carbocycles. The lowest BCUT2D eigenvalue weighted by Gasteiger charge is -2.25. The highest BCUT2D eigenvalue weighted by molar-refractivity contribution is 7.41. The Hall–Kier alpha value is -6.82. The van der Waals surface area contributed by atoms with Crippen LogP contribution in [0.2, 0.25) is 0 Å². The summed E-state index contributed by atoms with van der Waals surface area (Å²) in [6.07, 6.45) is 9.13. The summed E-state index contributed by atoms with van der Waals surface area (Å²) in [5.74, 6) is 0. The average molecular weight is 992 g/mol. The molecule has 1 aliphatic rings. The van der Waals surface area contributed by atoms with Crippen LogP contribution in [-0.4, -0.2) is 0 Å². The second-order valence-corrected chi connectivity index (χ2v) is 23.8. The molecule has 0 saturated carbocycles. The monoisotopic (exact) mass is 991 g/mol. The van der Waals surface area contributed by atoms with Gasteiger partial charge in [0, 0.05) is 46.9 Å². The van der Waals surface area contributed by atoms with Crippen molar-refractivity contribution in [1.82, 2.24) is 0 Å². The molecule has 6 aromatic heterocycles. The maximum atomic E-state index is 2.59. The van der Waals surface area contributed by atoms with E-state index in [1.165, 1.54) is 118 Å². The first-order chi connectivity index (χ1) is 34.2. The number of benzene rings is 8. The van der Waals surface area contributed by atoms with Crippen molar-refractivity contribution in [1.29, 1.82) is 0 Å². The third-order valence-corrected chi connectivity index (χ3v) is 21.0. The maximum Gasteiger partial charge on any atom is 0.103 e. The molecule has 0 saturated heterocycles. The van der Waals surface area contributed by atoms with Crippen LogP contribution in [0.15, 0.2) is 206 Å². The van der Waals surface area contributed by atoms with E-state index in [9.17, 15) is 0 Å². The molecule has 69 heavy (non-hydrogen) atoms. The Morgan fingerprint density at radius 3 is 1.28 bits per heavy atom. The lowest BCUT2D eigenvalue weighted by molar-refractivity contribution is 1.000. The predicted octanol–water partition coefficient (Wildman–Crippen LogP) is 21.0. The van der Waals surface area contributed by atoms with Gasteiger partial charge in [0.25, 0.3) is 0 Å². The Kier molecular flexibility index (Phi) is 9.22. The first kappa shape index (κ1) is 40.1. The van der Waals surface area contributed by atoms with Gasteiger partial charge >= 0.3 is 0 Å². The lowest BCUT2D eigenvalue weighted by Crippen LogP contribution is -2.14. The molecule has 6 heterocycles. The van der Waals surface area contributed by atoms with Crippen LogP contribution in [-0.2, 0) is 0 Å². The molecule has 0 spiro atoms. The summed E-state index contributed by atoms with van der Waals surface area (Å²) in [4.78, 5) is 7.43. The standard InChI is InChI=1S/C60H37N3S6/c1-5-18-37(19-6-1)61(38-20-7-2-8-21-38)51-32-47-57(66-51)59-49(64-47)34-53(68-59)63(46-31-30-44-42-27-14-17-36-16-13-26-41(55(36)42)43-28-15-29-45(46)56(43)44)54-35-50-60(69-54)58-48(65-50)33-52(67-58)62(39-22-9-3-10-23-39)40-24-11-4-12-25-40/h1-3,5-11,13-35H,4,12H2. The van der Waals surface area contributed by atoms with E-state index in [2.05, 4.69) is 215 Å². The smallest absolute Gasteiger partial charge is 0.103 e. The van der Waals surface area contributed by atoms with Gasteiger partial charge in [-0.15, -0.1) is 68.0 Å². The number of thiophene rings is 6. The maximum absolute atomic E-state index is 2.59. The Morgan fingerprint density at radius 1 is 0.333 bits per heavy atom. The van der Waals surface area contributed by atoms with Crippen molar-refractivity contribution in [2.75, 3.05) is 14.7 Å². The van der Waals surface area contributed by atoms with E-state index in [4.69, 9.17) is 0 Å². The Labute approximate surface area is 421 Å². The van der Waals surface area contributed by atoms with Gasteiger partial charge in [-0.3, -0.25) is 4.90 Å². The number of nitrogens with zero attached hydrogens (tertiary/aromatic N) is 3. The predicted molar refractivity (Wildman–Crippen MR) is 309 cm³/mol. The molecule has 8 aromatic carbocycles. The number of hydrogen-bond acceptors (Lipinski definition) is 9. The zero-order valence-corrected chi connectivity index (χ0v) is 41.7. The van der Waals surface area contributed by atoms with Crippen LogP contribution in [0.4, 0.5) is 42.8 Å². The minimum atomic E-state index is 1.06. The number of fused-ring (bicyclic) bond motifs is 8. The minimum Gasteiger partial charge on any atom is -0.302 e. The molecule has 0 fully saturated rings. The SMILES string of the molecule is C1=CC(N(c2ccccc2)c2cc3sc4cc(N(c5cc6sc7cc(N(c8ccccc8)c8ccccc8)sc7c6s5)c5ccc6c7cccc8cccc(c9cccc5c96)c87)sc4c3s2)=CCC1. The summed E-state index contributed by atoms with van der Waals surface area (Å²) in [5, 5.41) is 15.4. The summed E-state index contributed by atoms with van der Waals surface area (Å²) >= 11 is 11.5. The van der Waals surface area contributed by atoms with E-state index in [1.54, 1.807) is 0 Å². The van der Waals surface area contributed by atoms with Crippen molar-refractivity contribution in [2.45, 2.75) is 12.8 Å². The molecule has 328 valence electrons. The lowest BCUT2D eigenvalue weighted by atomic mass is 9.89. The fourth-order valence-electron chi connectivity index (χ4n) is 10.5. The first-order valence-corrected chi connectivity index (χ1v) is 28.0. The summed E-state index contributed by atoms with van der Waals surface area (Å²) in [5.41, 5.74) is 5.97. The van der Waals surface area contributed by atoms with Gasteiger partial charge in [0.1, 0.15) is 20.0 Å². The van der Waals surface area contributed by atoms with Crippen LogP contribution < -0.4 is 14.7 Å². The van der Waals surface area contributed by atoms with Crippen LogP contribution in [0.5, 0.6) is 0 Å². The van der Waals surface area contributed by atoms with Crippen molar-refractivity contribution in [2.24, 2.45) is 0 Å². The molecule has 0 unspecified atom stereocenters. The third kappa shape index (κ3) is 6.32. The van der Waals surface area contributed by atoms with E-state index in [1.807, 2.05) is 68.0 Å². The van der Waals surface area contributed by atoms with Gasteiger partial charge in [-0.05, 0) is 123 Å². The highest BCUT2D eigenvalue weighted by Crippen LogP contribution is 2.57. The zero-order chi connectivity index (χ0) is 45.2. The Bertz CT molecular complexity index is 4250. The van der Waals surface area contributed by atoms with Crippen LogP contribution in [0.1, 0.15) is 12.8 Å². The molecule has 0 atom stereocenters. The normalized spacial score (nSPS) is 13.1. The summed E-state index contributed by atoms with van der Waals surface area (Å²) < 4.78 is 10.8. The second-order valence-electron chi connectivity index (χ2n) is 17.5. The molecule has 15 rings (SSSR count). The number of allylic oxidation sites excluding steroid dienone is 3. The Balaban J connectivity index is 0.926. The van der Waals surface area contributed by atoms with Gasteiger partial charge in [-0.2, -0.15) is 0 Å². The van der Waals surface area contributed by atoms with Gasteiger partial charge in [-0.25, -0.2) is 0 Å². The molecule has 0 N–H and O–H groups in total. The molecule has 3 nitrogen and oxygen atoms in total. The average Bonchev–Trinajstić information content (AvgIpc) is 4.26. The highest BCUT2D eigenvalue weighted by Gasteiger charge is 2.27. The van der Waals surface area contributed by atoms with E-state index in [0.29, 0.717) is 0 Å². The highest BCUT2D eigenvalue weighted by atomic mass is 32.1. The molecular weight excluding hydrogens is 955 g/mol. The minimum absolute atomic E-state index is 1.06. The third-order valence-electron chi connectivity index (χ3n) is 13.5. The number of hydrogen-bond donors (Lipinski definition) is 0.